The number of fused-ring (bicyclic) bond motifs is 3. The average Bonchev–Trinajstić information content (AvgIpc) is 3.32. The number of hydrogen-bond acceptors (Lipinski definition) is 7. The maximum Gasteiger partial charge on any atom is 0.338 e. The molecule has 3 atom stereocenters. The van der Waals surface area contributed by atoms with Gasteiger partial charge in [-0.2, -0.15) is 0 Å². The lowest BCUT2D eigenvalue weighted by Crippen LogP contribution is -2.60. The third-order valence-corrected chi connectivity index (χ3v) is 9.02. The summed E-state index contributed by atoms with van der Waals surface area (Å²) in [6, 6.07) is 22.1. The third kappa shape index (κ3) is 4.82. The molecule has 1 saturated heterocycles. The van der Waals surface area contributed by atoms with Gasteiger partial charge < -0.3 is 14.2 Å². The molecule has 2 aliphatic heterocycles. The van der Waals surface area contributed by atoms with Gasteiger partial charge >= 0.3 is 17.9 Å². The first kappa shape index (κ1) is 31.5. The monoisotopic (exact) mass is 597 g/mol. The van der Waals surface area contributed by atoms with Gasteiger partial charge in [0.2, 0.25) is 5.54 Å². The molecule has 1 N–H and O–H groups in total. The summed E-state index contributed by atoms with van der Waals surface area (Å²) in [6.07, 6.45) is 0. The van der Waals surface area contributed by atoms with Crippen LogP contribution < -0.4 is 10.1 Å². The van der Waals surface area contributed by atoms with Gasteiger partial charge in [-0.25, -0.2) is 9.59 Å². The predicted molar refractivity (Wildman–Crippen MR) is 169 cm³/mol. The molecule has 0 amide bonds. The van der Waals surface area contributed by atoms with Gasteiger partial charge in [-0.05, 0) is 53.0 Å². The third-order valence-electron chi connectivity index (χ3n) is 9.02. The highest BCUT2D eigenvalue weighted by Gasteiger charge is 2.76. The molecular formula is C37H43NO6. The van der Waals surface area contributed by atoms with Gasteiger partial charge in [0, 0.05) is 11.5 Å². The van der Waals surface area contributed by atoms with Gasteiger partial charge in [0.15, 0.2) is 0 Å². The number of esters is 3. The zero-order valence-electron chi connectivity index (χ0n) is 26.9. The van der Waals surface area contributed by atoms with Crippen molar-refractivity contribution >= 4 is 17.9 Å². The molecule has 7 heteroatoms. The number of benzene rings is 3. The van der Waals surface area contributed by atoms with Crippen LogP contribution in [0.4, 0.5) is 0 Å². The average molecular weight is 598 g/mol. The van der Waals surface area contributed by atoms with Crippen LogP contribution in [0.3, 0.4) is 0 Å². The zero-order valence-corrected chi connectivity index (χ0v) is 26.9. The van der Waals surface area contributed by atoms with Gasteiger partial charge in [-0.15, -0.1) is 0 Å². The Morgan fingerprint density at radius 1 is 0.773 bits per heavy atom. The molecule has 0 saturated carbocycles. The van der Waals surface area contributed by atoms with Crippen LogP contribution in [0.1, 0.15) is 95.2 Å². The Hall–Kier alpha value is -3.97. The molecule has 0 unspecified atom stereocenters. The summed E-state index contributed by atoms with van der Waals surface area (Å²) in [4.78, 5) is 43.3. The number of ether oxygens (including phenoxy) is 3. The first-order valence-corrected chi connectivity index (χ1v) is 15.4. The number of para-hydroxylation sites is 1. The number of carbonyl (C=O) groups excluding carboxylic acids is 3. The highest BCUT2D eigenvalue weighted by Crippen LogP contribution is 2.62. The van der Waals surface area contributed by atoms with Crippen LogP contribution in [0, 0.1) is 0 Å². The minimum atomic E-state index is -2.06. The van der Waals surface area contributed by atoms with Crippen molar-refractivity contribution in [2.75, 3.05) is 13.2 Å². The van der Waals surface area contributed by atoms with Crippen LogP contribution in [0.2, 0.25) is 0 Å². The molecule has 0 bridgehead atoms. The van der Waals surface area contributed by atoms with Crippen LogP contribution in [0.25, 0.3) is 0 Å². The molecule has 0 aromatic heterocycles. The van der Waals surface area contributed by atoms with E-state index in [-0.39, 0.29) is 24.0 Å². The van der Waals surface area contributed by atoms with Crippen LogP contribution in [-0.2, 0) is 40.1 Å². The van der Waals surface area contributed by atoms with Crippen LogP contribution in [0.15, 0.2) is 72.8 Å². The molecule has 0 spiro atoms. The Balaban J connectivity index is 1.90. The normalized spacial score (nSPS) is 22.4. The van der Waals surface area contributed by atoms with E-state index in [1.165, 1.54) is 0 Å². The van der Waals surface area contributed by atoms with Crippen LogP contribution >= 0.6 is 0 Å². The summed E-state index contributed by atoms with van der Waals surface area (Å²) in [5.41, 5.74) is 0.196. The van der Waals surface area contributed by atoms with Crippen molar-refractivity contribution in [2.24, 2.45) is 0 Å². The topological polar surface area (TPSA) is 90.9 Å². The Labute approximate surface area is 260 Å². The van der Waals surface area contributed by atoms with Crippen molar-refractivity contribution in [3.05, 3.63) is 101 Å². The smallest absolute Gasteiger partial charge is 0.338 e. The molecule has 1 fully saturated rings. The number of carbonyl (C=O) groups is 3. The van der Waals surface area contributed by atoms with Crippen LogP contribution in [-0.4, -0.2) is 36.7 Å². The first-order chi connectivity index (χ1) is 20.7. The minimum Gasteiger partial charge on any atom is -0.464 e. The highest BCUT2D eigenvalue weighted by atomic mass is 16.6. The Morgan fingerprint density at radius 3 is 1.77 bits per heavy atom. The van der Waals surface area contributed by atoms with Crippen LogP contribution in [0.5, 0.6) is 5.75 Å². The number of rotatable bonds is 6. The Bertz CT molecular complexity index is 1540. The highest BCUT2D eigenvalue weighted by molar-refractivity contribution is 6.10. The van der Waals surface area contributed by atoms with Crippen molar-refractivity contribution in [1.82, 2.24) is 5.32 Å². The molecule has 3 aromatic rings. The van der Waals surface area contributed by atoms with E-state index in [9.17, 15) is 14.4 Å². The Morgan fingerprint density at radius 2 is 1.27 bits per heavy atom. The summed E-state index contributed by atoms with van der Waals surface area (Å²) < 4.78 is 17.4. The lowest BCUT2D eigenvalue weighted by Gasteiger charge is -2.42. The van der Waals surface area contributed by atoms with Crippen molar-refractivity contribution in [1.29, 1.82) is 0 Å². The fraction of sp³-hybridized carbons (Fsp3) is 0.432. The lowest BCUT2D eigenvalue weighted by molar-refractivity contribution is -0.166. The zero-order chi connectivity index (χ0) is 32.1. The standard InChI is InChI=1S/C37H43NO6/c1-9-42-32(40)37(33(41)43-10-2)29(23-15-17-24(18-16-23)34(3,4)5)36(26-21-19-25(20-22-26)35(6,7)8)30(38-37)27-13-11-12-14-28(27)44-31(36)39/h11-22,29-30,38H,9-10H2,1-8H3/t29-,30-,36-/m1/s1. The van der Waals surface area contributed by atoms with Crippen molar-refractivity contribution < 1.29 is 28.6 Å². The summed E-state index contributed by atoms with van der Waals surface area (Å²) in [6.45, 7) is 16.2. The maximum absolute atomic E-state index is 14.7. The van der Waals surface area contributed by atoms with E-state index in [4.69, 9.17) is 14.2 Å². The van der Waals surface area contributed by atoms with Gasteiger partial charge in [0.1, 0.15) is 11.2 Å². The maximum atomic E-state index is 14.7. The molecule has 5 rings (SSSR count). The van der Waals surface area contributed by atoms with Gasteiger partial charge in [-0.1, -0.05) is 108 Å². The fourth-order valence-corrected chi connectivity index (χ4v) is 6.80. The molecule has 232 valence electrons. The van der Waals surface area contributed by atoms with Gasteiger partial charge in [-0.3, -0.25) is 10.1 Å². The second-order valence-corrected chi connectivity index (χ2v) is 13.8. The largest absolute Gasteiger partial charge is 0.464 e. The molecule has 0 aliphatic carbocycles. The SMILES string of the molecule is CCOC(=O)C1(C(=O)OCC)N[C@@H]2c3ccccc3OC(=O)[C@]2(c2ccc(C(C)(C)C)cc2)[C@H]1c1ccc(C(C)(C)C)cc1. The van der Waals surface area contributed by atoms with Gasteiger partial charge in [0.25, 0.3) is 0 Å². The van der Waals surface area contributed by atoms with Crippen molar-refractivity contribution in [3.63, 3.8) is 0 Å². The fourth-order valence-electron chi connectivity index (χ4n) is 6.80. The second-order valence-electron chi connectivity index (χ2n) is 13.8. The predicted octanol–water partition coefficient (Wildman–Crippen LogP) is 6.43. The summed E-state index contributed by atoms with van der Waals surface area (Å²) in [5, 5.41) is 3.39. The van der Waals surface area contributed by atoms with E-state index in [0.29, 0.717) is 22.4 Å². The molecule has 3 aromatic carbocycles. The first-order valence-electron chi connectivity index (χ1n) is 15.4. The van der Waals surface area contributed by atoms with Crippen molar-refractivity contribution in [2.45, 2.75) is 89.1 Å². The number of hydrogen-bond donors (Lipinski definition) is 1. The summed E-state index contributed by atoms with van der Waals surface area (Å²) in [7, 11) is 0. The summed E-state index contributed by atoms with van der Waals surface area (Å²) >= 11 is 0. The minimum absolute atomic E-state index is 0.0380. The quantitative estimate of drug-likeness (QED) is 0.199. The molecular weight excluding hydrogens is 554 g/mol. The van der Waals surface area contributed by atoms with E-state index < -0.39 is 40.8 Å². The molecule has 44 heavy (non-hydrogen) atoms. The van der Waals surface area contributed by atoms with Gasteiger partial charge in [0.05, 0.1) is 19.3 Å². The molecule has 2 aliphatic rings. The second kappa shape index (κ2) is 11.2. The van der Waals surface area contributed by atoms with E-state index in [2.05, 4.69) is 46.9 Å². The molecule has 0 radical (unpaired) electrons. The molecule has 2 heterocycles. The lowest BCUT2D eigenvalue weighted by atomic mass is 9.59. The Kier molecular flexibility index (Phi) is 8.00. The number of nitrogens with one attached hydrogen (secondary N) is 1. The van der Waals surface area contributed by atoms with E-state index in [1.807, 2.05) is 60.7 Å². The van der Waals surface area contributed by atoms with E-state index in [0.717, 1.165) is 11.1 Å². The van der Waals surface area contributed by atoms with E-state index >= 15 is 0 Å². The van der Waals surface area contributed by atoms with Crippen molar-refractivity contribution in [3.8, 4) is 5.75 Å². The molecule has 7 nitrogen and oxygen atoms in total. The summed E-state index contributed by atoms with van der Waals surface area (Å²) in [5.74, 6) is -2.85. The van der Waals surface area contributed by atoms with E-state index in [1.54, 1.807) is 26.0 Å².